The highest BCUT2D eigenvalue weighted by Crippen LogP contribution is 2.04. The van der Waals surface area contributed by atoms with Crippen LogP contribution in [0.15, 0.2) is 11.6 Å². The van der Waals surface area contributed by atoms with Gasteiger partial charge in [-0.25, -0.2) is 0 Å². The van der Waals surface area contributed by atoms with Crippen LogP contribution in [0.3, 0.4) is 0 Å². The predicted molar refractivity (Wildman–Crippen MR) is 55.1 cm³/mol. The normalized spacial score (nSPS) is 11.7. The van der Waals surface area contributed by atoms with E-state index < -0.39 is 0 Å². The Morgan fingerprint density at radius 2 is 1.85 bits per heavy atom. The molecule has 0 fully saturated rings. The Morgan fingerprint density at radius 1 is 1.23 bits per heavy atom. The molecule has 1 amide bonds. The number of carbonyl (C=O) groups excluding carboxylic acids is 1. The number of hydrogen-bond acceptors (Lipinski definition) is 2. The van der Waals surface area contributed by atoms with Crippen molar-refractivity contribution in [2.45, 2.75) is 39.0 Å². The van der Waals surface area contributed by atoms with Crippen molar-refractivity contribution in [2.24, 2.45) is 11.5 Å². The molecule has 0 saturated carbocycles. The van der Waals surface area contributed by atoms with Gasteiger partial charge in [0.05, 0.1) is 0 Å². The molecular weight excluding hydrogens is 164 g/mol. The van der Waals surface area contributed by atoms with Crippen molar-refractivity contribution < 1.29 is 4.79 Å². The van der Waals surface area contributed by atoms with Crippen LogP contribution in [0.4, 0.5) is 0 Å². The summed E-state index contributed by atoms with van der Waals surface area (Å²) >= 11 is 0. The highest BCUT2D eigenvalue weighted by atomic mass is 16.1. The number of carbonyl (C=O) groups is 1. The van der Waals surface area contributed by atoms with Crippen LogP contribution in [0, 0.1) is 0 Å². The van der Waals surface area contributed by atoms with Crippen molar-refractivity contribution in [1.29, 1.82) is 0 Å². The fourth-order valence-electron chi connectivity index (χ4n) is 1.06. The summed E-state index contributed by atoms with van der Waals surface area (Å²) in [5.74, 6) is -0.318. The lowest BCUT2D eigenvalue weighted by Crippen LogP contribution is -2.11. The van der Waals surface area contributed by atoms with Gasteiger partial charge >= 0.3 is 0 Å². The first-order valence-electron chi connectivity index (χ1n) is 4.85. The minimum absolute atomic E-state index is 0.318. The number of amides is 1. The van der Waals surface area contributed by atoms with Gasteiger partial charge in [-0.15, -0.1) is 0 Å². The minimum atomic E-state index is -0.318. The molecule has 0 aromatic heterocycles. The van der Waals surface area contributed by atoms with E-state index >= 15 is 0 Å². The van der Waals surface area contributed by atoms with Crippen molar-refractivity contribution in [3.8, 4) is 0 Å². The molecule has 3 nitrogen and oxygen atoms in total. The van der Waals surface area contributed by atoms with E-state index in [1.165, 1.54) is 12.8 Å². The van der Waals surface area contributed by atoms with Crippen LogP contribution in [0.5, 0.6) is 0 Å². The van der Waals surface area contributed by atoms with E-state index in [4.69, 9.17) is 11.5 Å². The average molecular weight is 184 g/mol. The van der Waals surface area contributed by atoms with E-state index in [1.54, 1.807) is 6.92 Å². The van der Waals surface area contributed by atoms with Crippen LogP contribution in [-0.2, 0) is 4.79 Å². The molecule has 13 heavy (non-hydrogen) atoms. The maximum Gasteiger partial charge on any atom is 0.244 e. The second-order valence-electron chi connectivity index (χ2n) is 3.24. The lowest BCUT2D eigenvalue weighted by molar-refractivity contribution is -0.114. The van der Waals surface area contributed by atoms with Gasteiger partial charge in [-0.2, -0.15) is 0 Å². The zero-order chi connectivity index (χ0) is 10.1. The number of hydrogen-bond donors (Lipinski definition) is 2. The van der Waals surface area contributed by atoms with E-state index in [-0.39, 0.29) is 5.91 Å². The number of primary amides is 1. The lowest BCUT2D eigenvalue weighted by atomic mass is 10.1. The predicted octanol–water partition coefficient (Wildman–Crippen LogP) is 1.33. The van der Waals surface area contributed by atoms with E-state index in [0.29, 0.717) is 5.57 Å². The molecule has 3 heteroatoms. The van der Waals surface area contributed by atoms with Crippen molar-refractivity contribution in [3.05, 3.63) is 11.6 Å². The summed E-state index contributed by atoms with van der Waals surface area (Å²) in [7, 11) is 0. The Bertz CT molecular complexity index is 176. The smallest absolute Gasteiger partial charge is 0.244 e. The summed E-state index contributed by atoms with van der Waals surface area (Å²) < 4.78 is 0. The SMILES string of the molecule is C/C(=C\CCCCCCN)C(N)=O. The third kappa shape index (κ3) is 7.53. The Balaban J connectivity index is 3.34. The standard InChI is InChI=1S/C10H20N2O/c1-9(10(12)13)7-5-3-2-4-6-8-11/h7H,2-6,8,11H2,1H3,(H2,12,13)/b9-7+. The largest absolute Gasteiger partial charge is 0.366 e. The van der Waals surface area contributed by atoms with Crippen LogP contribution in [0.1, 0.15) is 39.0 Å². The number of unbranched alkanes of at least 4 members (excludes halogenated alkanes) is 4. The van der Waals surface area contributed by atoms with Gasteiger partial charge in [-0.3, -0.25) is 4.79 Å². The van der Waals surface area contributed by atoms with Crippen LogP contribution in [0.25, 0.3) is 0 Å². The zero-order valence-electron chi connectivity index (χ0n) is 8.38. The topological polar surface area (TPSA) is 69.1 Å². The summed E-state index contributed by atoms with van der Waals surface area (Å²) in [5.41, 5.74) is 11.1. The van der Waals surface area contributed by atoms with Gasteiger partial charge < -0.3 is 11.5 Å². The highest BCUT2D eigenvalue weighted by molar-refractivity contribution is 5.91. The highest BCUT2D eigenvalue weighted by Gasteiger charge is 1.95. The van der Waals surface area contributed by atoms with Gasteiger partial charge in [0.2, 0.25) is 5.91 Å². The molecular formula is C10H20N2O. The molecule has 0 aliphatic carbocycles. The molecule has 0 aromatic carbocycles. The molecule has 0 spiro atoms. The second-order valence-corrected chi connectivity index (χ2v) is 3.24. The molecule has 0 heterocycles. The summed E-state index contributed by atoms with van der Waals surface area (Å²) in [6.07, 6.45) is 7.42. The zero-order valence-corrected chi connectivity index (χ0v) is 8.38. The van der Waals surface area contributed by atoms with Crippen molar-refractivity contribution in [2.75, 3.05) is 6.54 Å². The van der Waals surface area contributed by atoms with Gasteiger partial charge in [0.25, 0.3) is 0 Å². The number of nitrogens with two attached hydrogens (primary N) is 2. The summed E-state index contributed by atoms with van der Waals surface area (Å²) in [6.45, 7) is 2.53. The molecule has 0 saturated heterocycles. The van der Waals surface area contributed by atoms with E-state index in [2.05, 4.69) is 0 Å². The molecule has 76 valence electrons. The quantitative estimate of drug-likeness (QED) is 0.463. The van der Waals surface area contributed by atoms with Gasteiger partial charge in [0, 0.05) is 5.57 Å². The molecule has 0 unspecified atom stereocenters. The molecule has 0 atom stereocenters. The monoisotopic (exact) mass is 184 g/mol. The molecule has 0 bridgehead atoms. The first-order chi connectivity index (χ1) is 6.18. The Hall–Kier alpha value is -0.830. The Morgan fingerprint density at radius 3 is 2.38 bits per heavy atom. The average Bonchev–Trinajstić information content (AvgIpc) is 2.10. The van der Waals surface area contributed by atoms with Crippen LogP contribution < -0.4 is 11.5 Å². The number of allylic oxidation sites excluding steroid dienone is 1. The molecule has 0 aromatic rings. The van der Waals surface area contributed by atoms with Crippen LogP contribution in [-0.4, -0.2) is 12.5 Å². The molecule has 4 N–H and O–H groups in total. The first kappa shape index (κ1) is 12.2. The third-order valence-corrected chi connectivity index (χ3v) is 2.00. The van der Waals surface area contributed by atoms with E-state index in [1.807, 2.05) is 6.08 Å². The fourth-order valence-corrected chi connectivity index (χ4v) is 1.06. The van der Waals surface area contributed by atoms with E-state index in [9.17, 15) is 4.79 Å². The van der Waals surface area contributed by atoms with E-state index in [0.717, 1.165) is 25.8 Å². The first-order valence-corrected chi connectivity index (χ1v) is 4.85. The summed E-state index contributed by atoms with van der Waals surface area (Å²) in [4.78, 5) is 10.6. The Labute approximate surface area is 80.2 Å². The second kappa shape index (κ2) is 7.80. The maximum absolute atomic E-state index is 10.6. The van der Waals surface area contributed by atoms with Gasteiger partial charge in [-0.05, 0) is 32.7 Å². The molecule has 0 aliphatic rings. The van der Waals surface area contributed by atoms with Crippen LogP contribution >= 0.6 is 0 Å². The number of rotatable bonds is 7. The van der Waals surface area contributed by atoms with Crippen molar-refractivity contribution in [1.82, 2.24) is 0 Å². The fraction of sp³-hybridized carbons (Fsp3) is 0.700. The van der Waals surface area contributed by atoms with Gasteiger partial charge in [0.1, 0.15) is 0 Å². The molecule has 0 aliphatic heterocycles. The van der Waals surface area contributed by atoms with Crippen LogP contribution in [0.2, 0.25) is 0 Å². The van der Waals surface area contributed by atoms with Crippen molar-refractivity contribution >= 4 is 5.91 Å². The van der Waals surface area contributed by atoms with Crippen molar-refractivity contribution in [3.63, 3.8) is 0 Å². The minimum Gasteiger partial charge on any atom is -0.366 e. The van der Waals surface area contributed by atoms with Gasteiger partial charge in [-0.1, -0.05) is 18.9 Å². The summed E-state index contributed by atoms with van der Waals surface area (Å²) in [6, 6.07) is 0. The van der Waals surface area contributed by atoms with Gasteiger partial charge in [0.15, 0.2) is 0 Å². The lowest BCUT2D eigenvalue weighted by Gasteiger charge is -1.97. The Kier molecular flexibility index (Phi) is 7.30. The maximum atomic E-state index is 10.6. The summed E-state index contributed by atoms with van der Waals surface area (Å²) in [5, 5.41) is 0. The third-order valence-electron chi connectivity index (χ3n) is 2.00. The molecule has 0 radical (unpaired) electrons. The molecule has 0 rings (SSSR count).